The summed E-state index contributed by atoms with van der Waals surface area (Å²) >= 11 is 0. The van der Waals surface area contributed by atoms with Crippen LogP contribution in [0.4, 0.5) is 8.78 Å². The molecule has 0 saturated carbocycles. The van der Waals surface area contributed by atoms with E-state index >= 15 is 0 Å². The third-order valence-corrected chi connectivity index (χ3v) is 5.56. The van der Waals surface area contributed by atoms with Gasteiger partial charge >= 0.3 is 5.97 Å². The van der Waals surface area contributed by atoms with Gasteiger partial charge in [-0.2, -0.15) is 5.10 Å². The Kier molecular flexibility index (Phi) is 6.30. The maximum Gasteiger partial charge on any atom is 0.359 e. The number of esters is 1. The topological polar surface area (TPSA) is 64.4 Å². The second kappa shape index (κ2) is 9.30. The Morgan fingerprint density at radius 1 is 1.06 bits per heavy atom. The highest BCUT2D eigenvalue weighted by molar-refractivity contribution is 5.91. The summed E-state index contributed by atoms with van der Waals surface area (Å²) in [6, 6.07) is 12.1. The third kappa shape index (κ3) is 4.54. The maximum absolute atomic E-state index is 13.8. The monoisotopic (exact) mass is 439 g/mol. The lowest BCUT2D eigenvalue weighted by Gasteiger charge is -2.17. The van der Waals surface area contributed by atoms with Crippen molar-refractivity contribution < 1.29 is 23.1 Å². The van der Waals surface area contributed by atoms with E-state index in [9.17, 15) is 18.4 Å². The van der Waals surface area contributed by atoms with Crippen molar-refractivity contribution in [2.75, 3.05) is 13.7 Å². The zero-order chi connectivity index (χ0) is 22.7. The molecule has 6 nitrogen and oxygen atoms in total. The van der Waals surface area contributed by atoms with Crippen molar-refractivity contribution in [3.63, 3.8) is 0 Å². The maximum atomic E-state index is 13.8. The van der Waals surface area contributed by atoms with Crippen molar-refractivity contribution >= 4 is 11.9 Å². The number of ether oxygens (including phenoxy) is 1. The van der Waals surface area contributed by atoms with Crippen LogP contribution in [0.3, 0.4) is 0 Å². The van der Waals surface area contributed by atoms with Crippen LogP contribution in [-0.2, 0) is 28.9 Å². The van der Waals surface area contributed by atoms with Gasteiger partial charge in [0.25, 0.3) is 5.91 Å². The van der Waals surface area contributed by atoms with E-state index in [2.05, 4.69) is 5.10 Å². The zero-order valence-corrected chi connectivity index (χ0v) is 17.7. The number of amides is 1. The van der Waals surface area contributed by atoms with Crippen LogP contribution in [0.1, 0.15) is 40.2 Å². The smallest absolute Gasteiger partial charge is 0.359 e. The van der Waals surface area contributed by atoms with Crippen molar-refractivity contribution in [2.24, 2.45) is 0 Å². The molecule has 4 rings (SSSR count). The molecule has 0 aliphatic heterocycles. The predicted octanol–water partition coefficient (Wildman–Crippen LogP) is 3.84. The van der Waals surface area contributed by atoms with Crippen LogP contribution in [0.25, 0.3) is 5.69 Å². The molecule has 166 valence electrons. The second-order valence-electron chi connectivity index (χ2n) is 7.79. The summed E-state index contributed by atoms with van der Waals surface area (Å²) in [5.74, 6) is -1.89. The molecule has 0 radical (unpaired) electrons. The first-order valence-corrected chi connectivity index (χ1v) is 10.4. The van der Waals surface area contributed by atoms with Gasteiger partial charge in [-0.15, -0.1) is 0 Å². The van der Waals surface area contributed by atoms with Gasteiger partial charge in [-0.05, 0) is 56.0 Å². The number of carbonyl (C=O) groups excluding carboxylic acids is 2. The van der Waals surface area contributed by atoms with Gasteiger partial charge in [-0.25, -0.2) is 18.3 Å². The molecule has 0 bridgehead atoms. The van der Waals surface area contributed by atoms with E-state index in [1.807, 2.05) is 0 Å². The van der Waals surface area contributed by atoms with Crippen LogP contribution < -0.4 is 0 Å². The van der Waals surface area contributed by atoms with Gasteiger partial charge in [0, 0.05) is 30.4 Å². The van der Waals surface area contributed by atoms with Gasteiger partial charge in [-0.1, -0.05) is 18.2 Å². The molecule has 0 atom stereocenters. The molecule has 0 unspecified atom stereocenters. The second-order valence-corrected chi connectivity index (χ2v) is 7.79. The number of carbonyl (C=O) groups is 2. The Morgan fingerprint density at radius 3 is 2.53 bits per heavy atom. The molecule has 32 heavy (non-hydrogen) atoms. The highest BCUT2D eigenvalue weighted by Gasteiger charge is 2.27. The van der Waals surface area contributed by atoms with E-state index < -0.39 is 24.3 Å². The van der Waals surface area contributed by atoms with Gasteiger partial charge in [-0.3, -0.25) is 4.79 Å². The Morgan fingerprint density at radius 2 is 1.78 bits per heavy atom. The first-order valence-electron chi connectivity index (χ1n) is 10.4. The fourth-order valence-electron chi connectivity index (χ4n) is 3.83. The average molecular weight is 439 g/mol. The fraction of sp³-hybridized carbons (Fsp3) is 0.292. The summed E-state index contributed by atoms with van der Waals surface area (Å²) < 4.78 is 34.0. The van der Waals surface area contributed by atoms with E-state index in [0.29, 0.717) is 17.7 Å². The lowest BCUT2D eigenvalue weighted by atomic mass is 9.95. The molecular formula is C24H23F2N3O3. The largest absolute Gasteiger partial charge is 0.451 e. The Labute approximate surface area is 184 Å². The minimum atomic E-state index is -0.684. The number of rotatable bonds is 6. The van der Waals surface area contributed by atoms with Gasteiger partial charge in [0.1, 0.15) is 11.6 Å². The number of hydrogen-bond acceptors (Lipinski definition) is 4. The van der Waals surface area contributed by atoms with E-state index in [-0.39, 0.29) is 18.1 Å². The first-order chi connectivity index (χ1) is 15.4. The SMILES string of the molecule is CN(Cc1ccccc1F)C(=O)COC(=O)c1nn(-c2ccc(F)cc2)c2c1CCCC2. The van der Waals surface area contributed by atoms with Gasteiger partial charge in [0.15, 0.2) is 12.3 Å². The lowest BCUT2D eigenvalue weighted by molar-refractivity contribution is -0.133. The molecule has 1 aliphatic carbocycles. The van der Waals surface area contributed by atoms with E-state index in [4.69, 9.17) is 4.74 Å². The molecule has 0 fully saturated rings. The zero-order valence-electron chi connectivity index (χ0n) is 17.7. The Balaban J connectivity index is 1.47. The van der Waals surface area contributed by atoms with E-state index in [0.717, 1.165) is 30.5 Å². The predicted molar refractivity (Wildman–Crippen MR) is 113 cm³/mol. The number of hydrogen-bond donors (Lipinski definition) is 0. The summed E-state index contributed by atoms with van der Waals surface area (Å²) in [6.45, 7) is -0.403. The van der Waals surface area contributed by atoms with Gasteiger partial charge < -0.3 is 9.64 Å². The van der Waals surface area contributed by atoms with Gasteiger partial charge in [0.2, 0.25) is 0 Å². The summed E-state index contributed by atoms with van der Waals surface area (Å²) in [6.07, 6.45) is 3.32. The van der Waals surface area contributed by atoms with Crippen molar-refractivity contribution in [1.29, 1.82) is 0 Å². The molecule has 1 aromatic heterocycles. The molecule has 1 amide bonds. The van der Waals surface area contributed by atoms with Crippen LogP contribution in [0, 0.1) is 11.6 Å². The Bertz CT molecular complexity index is 1140. The molecule has 0 N–H and O–H groups in total. The van der Waals surface area contributed by atoms with Crippen molar-refractivity contribution in [3.05, 3.63) is 82.7 Å². The molecule has 8 heteroatoms. The van der Waals surface area contributed by atoms with Crippen LogP contribution in [-0.4, -0.2) is 40.2 Å². The minimum Gasteiger partial charge on any atom is -0.451 e. The first kappa shape index (κ1) is 21.7. The van der Waals surface area contributed by atoms with Crippen LogP contribution >= 0.6 is 0 Å². The molecule has 2 aromatic carbocycles. The number of fused-ring (bicyclic) bond motifs is 1. The van der Waals surface area contributed by atoms with Crippen LogP contribution in [0.15, 0.2) is 48.5 Å². The fourth-order valence-corrected chi connectivity index (χ4v) is 3.83. The highest BCUT2D eigenvalue weighted by Crippen LogP contribution is 2.27. The number of nitrogens with zero attached hydrogens (tertiary/aromatic N) is 3. The van der Waals surface area contributed by atoms with Gasteiger partial charge in [0.05, 0.1) is 5.69 Å². The summed E-state index contributed by atoms with van der Waals surface area (Å²) in [7, 11) is 1.52. The Hall–Kier alpha value is -3.55. The number of likely N-dealkylation sites (N-methyl/N-ethyl adjacent to an activating group) is 1. The number of benzene rings is 2. The molecular weight excluding hydrogens is 416 g/mol. The number of aromatic nitrogens is 2. The lowest BCUT2D eigenvalue weighted by Crippen LogP contribution is -2.31. The van der Waals surface area contributed by atoms with Crippen LogP contribution in [0.5, 0.6) is 0 Å². The molecule has 0 spiro atoms. The quantitative estimate of drug-likeness (QED) is 0.548. The molecule has 1 aliphatic rings. The number of halogens is 2. The summed E-state index contributed by atoms with van der Waals surface area (Å²) in [5.41, 5.74) is 2.91. The van der Waals surface area contributed by atoms with Crippen molar-refractivity contribution in [3.8, 4) is 5.69 Å². The normalized spacial score (nSPS) is 12.8. The highest BCUT2D eigenvalue weighted by atomic mass is 19.1. The van der Waals surface area contributed by atoms with Crippen LogP contribution in [0.2, 0.25) is 0 Å². The van der Waals surface area contributed by atoms with E-state index in [1.54, 1.807) is 35.0 Å². The molecule has 1 heterocycles. The van der Waals surface area contributed by atoms with Crippen molar-refractivity contribution in [2.45, 2.75) is 32.2 Å². The average Bonchev–Trinajstić information content (AvgIpc) is 3.19. The summed E-state index contributed by atoms with van der Waals surface area (Å²) in [4.78, 5) is 26.5. The van der Waals surface area contributed by atoms with Crippen molar-refractivity contribution in [1.82, 2.24) is 14.7 Å². The molecule has 0 saturated heterocycles. The summed E-state index contributed by atoms with van der Waals surface area (Å²) in [5, 5.41) is 4.44. The standard InChI is InChI=1S/C24H23F2N3O3/c1-28(14-16-6-2-4-8-20(16)26)22(30)15-32-24(31)23-19-7-3-5-9-21(19)29(27-23)18-12-10-17(25)11-13-18/h2,4,6,8,10-13H,3,5,7,9,14-15H2,1H3. The molecule has 3 aromatic rings. The minimum absolute atomic E-state index is 0.0671. The third-order valence-electron chi connectivity index (χ3n) is 5.56. The van der Waals surface area contributed by atoms with E-state index in [1.165, 1.54) is 30.1 Å².